The summed E-state index contributed by atoms with van der Waals surface area (Å²) in [6.07, 6.45) is 10.8. The highest BCUT2D eigenvalue weighted by Gasteiger charge is 2.23. The molecule has 0 radical (unpaired) electrons. The molecule has 2 aromatic heterocycles. The fourth-order valence-electron chi connectivity index (χ4n) is 4.91. The number of rotatable bonds is 6. The minimum Gasteiger partial charge on any atom is -0.365 e. The number of nitrogens with zero attached hydrogens (tertiary/aromatic N) is 4. The third-order valence-electron chi connectivity index (χ3n) is 6.72. The molecule has 33 heavy (non-hydrogen) atoms. The number of hydrogen-bond acceptors (Lipinski definition) is 7. The summed E-state index contributed by atoms with van der Waals surface area (Å²) in [6.45, 7) is 5.46. The lowest BCUT2D eigenvalue weighted by Gasteiger charge is -2.31. The maximum atomic E-state index is 13.2. The molecule has 9 nitrogen and oxygen atoms in total. The third-order valence-corrected chi connectivity index (χ3v) is 6.72. The van der Waals surface area contributed by atoms with Crippen molar-refractivity contribution in [3.63, 3.8) is 0 Å². The second kappa shape index (κ2) is 9.91. The van der Waals surface area contributed by atoms with E-state index in [9.17, 15) is 9.59 Å². The molecule has 1 saturated carbocycles. The van der Waals surface area contributed by atoms with Crippen LogP contribution in [-0.2, 0) is 0 Å². The molecule has 4 rings (SSSR count). The number of nitrogens with one attached hydrogen (secondary N) is 1. The van der Waals surface area contributed by atoms with Gasteiger partial charge in [0, 0.05) is 43.1 Å². The Hall–Kier alpha value is -2.94. The van der Waals surface area contributed by atoms with Gasteiger partial charge in [-0.1, -0.05) is 19.3 Å². The largest absolute Gasteiger partial charge is 0.365 e. The van der Waals surface area contributed by atoms with Gasteiger partial charge in [0.1, 0.15) is 11.4 Å². The van der Waals surface area contributed by atoms with E-state index in [1.807, 2.05) is 24.8 Å². The van der Waals surface area contributed by atoms with Gasteiger partial charge in [-0.25, -0.2) is 4.98 Å². The number of carbonyl (C=O) groups excluding carboxylic acids is 1. The first kappa shape index (κ1) is 23.2. The van der Waals surface area contributed by atoms with Crippen LogP contribution < -0.4 is 27.2 Å². The molecule has 3 heterocycles. The van der Waals surface area contributed by atoms with Gasteiger partial charge < -0.3 is 26.3 Å². The van der Waals surface area contributed by atoms with Crippen LogP contribution in [0.25, 0.3) is 0 Å². The van der Waals surface area contributed by atoms with Crippen LogP contribution in [0.4, 0.5) is 17.5 Å². The summed E-state index contributed by atoms with van der Waals surface area (Å²) < 4.78 is 1.75. The minimum atomic E-state index is -0.607. The van der Waals surface area contributed by atoms with Crippen molar-refractivity contribution in [3.8, 4) is 0 Å². The topological polar surface area (TPSA) is 132 Å². The highest BCUT2D eigenvalue weighted by atomic mass is 16.1. The molecule has 1 unspecified atom stereocenters. The fraction of sp³-hybridized carbons (Fsp3) is 0.583. The molecule has 1 aliphatic heterocycles. The van der Waals surface area contributed by atoms with Gasteiger partial charge in [0.05, 0.1) is 5.69 Å². The van der Waals surface area contributed by atoms with Crippen LogP contribution in [0.1, 0.15) is 86.7 Å². The van der Waals surface area contributed by atoms with Crippen molar-refractivity contribution in [2.45, 2.75) is 76.8 Å². The van der Waals surface area contributed by atoms with Crippen molar-refractivity contribution >= 4 is 23.4 Å². The predicted octanol–water partition coefficient (Wildman–Crippen LogP) is 3.04. The van der Waals surface area contributed by atoms with E-state index in [1.54, 1.807) is 10.8 Å². The van der Waals surface area contributed by atoms with E-state index < -0.39 is 5.91 Å². The van der Waals surface area contributed by atoms with Gasteiger partial charge in [0.25, 0.3) is 11.5 Å². The lowest BCUT2D eigenvalue weighted by atomic mass is 9.84. The summed E-state index contributed by atoms with van der Waals surface area (Å²) in [6, 6.07) is 2.00. The molecule has 1 amide bonds. The molecule has 1 aliphatic carbocycles. The number of carbonyl (C=O) groups is 1. The van der Waals surface area contributed by atoms with E-state index in [0.29, 0.717) is 24.0 Å². The molecule has 1 atom stereocenters. The van der Waals surface area contributed by atoms with E-state index in [4.69, 9.17) is 11.5 Å². The molecule has 2 aromatic rings. The Morgan fingerprint density at radius 3 is 2.61 bits per heavy atom. The number of nitrogens with two attached hydrogens (primary N) is 2. The molecule has 0 bridgehead atoms. The zero-order valence-corrected chi connectivity index (χ0v) is 19.6. The zero-order valence-electron chi connectivity index (χ0n) is 19.6. The average Bonchev–Trinajstić information content (AvgIpc) is 2.80. The first-order valence-corrected chi connectivity index (χ1v) is 12.0. The lowest BCUT2D eigenvalue weighted by molar-refractivity contribution is 0.100. The molecule has 0 spiro atoms. The Labute approximate surface area is 194 Å². The van der Waals surface area contributed by atoms with Gasteiger partial charge in [0.2, 0.25) is 5.95 Å². The van der Waals surface area contributed by atoms with Gasteiger partial charge in [-0.3, -0.25) is 9.59 Å². The normalized spacial score (nSPS) is 19.6. The standard InChI is InChI=1S/C24H35N7O2/c1-15(2)31-14-18(11-19(23(31)33)16-7-4-3-5-8-16)28-22-20(21(26)32)12-27-24(29-22)30-10-6-9-17(25)13-30/h11-12,14-17H,3-10,13,25H2,1-2H3,(H2,26,32)(H,27,28,29). The van der Waals surface area contributed by atoms with Crippen molar-refractivity contribution < 1.29 is 4.79 Å². The van der Waals surface area contributed by atoms with Gasteiger partial charge in [-0.15, -0.1) is 0 Å². The van der Waals surface area contributed by atoms with Crippen molar-refractivity contribution in [1.29, 1.82) is 0 Å². The first-order chi connectivity index (χ1) is 15.8. The van der Waals surface area contributed by atoms with Crippen LogP contribution in [0.5, 0.6) is 0 Å². The van der Waals surface area contributed by atoms with Gasteiger partial charge >= 0.3 is 0 Å². The summed E-state index contributed by atoms with van der Waals surface area (Å²) in [5, 5.41) is 3.28. The molecule has 2 aliphatic rings. The number of primary amides is 1. The monoisotopic (exact) mass is 453 g/mol. The van der Waals surface area contributed by atoms with Crippen molar-refractivity contribution in [1.82, 2.24) is 14.5 Å². The van der Waals surface area contributed by atoms with Gasteiger partial charge in [-0.05, 0) is 51.5 Å². The molecule has 2 fully saturated rings. The van der Waals surface area contributed by atoms with E-state index in [-0.39, 0.29) is 29.1 Å². The van der Waals surface area contributed by atoms with Crippen molar-refractivity contribution in [2.24, 2.45) is 11.5 Å². The molecule has 1 saturated heterocycles. The van der Waals surface area contributed by atoms with Gasteiger partial charge in [-0.2, -0.15) is 4.98 Å². The second-order valence-electron chi connectivity index (χ2n) is 9.60. The number of anilines is 3. The number of amides is 1. The Bertz CT molecular complexity index is 1060. The fourth-order valence-corrected chi connectivity index (χ4v) is 4.91. The number of aromatic nitrogens is 3. The van der Waals surface area contributed by atoms with Crippen molar-refractivity contribution in [3.05, 3.63) is 39.9 Å². The van der Waals surface area contributed by atoms with Crippen molar-refractivity contribution in [2.75, 3.05) is 23.3 Å². The highest BCUT2D eigenvalue weighted by molar-refractivity contribution is 5.98. The van der Waals surface area contributed by atoms with Crippen LogP contribution in [-0.4, -0.2) is 39.6 Å². The maximum Gasteiger partial charge on any atom is 0.254 e. The second-order valence-corrected chi connectivity index (χ2v) is 9.60. The molecule has 5 N–H and O–H groups in total. The smallest absolute Gasteiger partial charge is 0.254 e. The maximum absolute atomic E-state index is 13.2. The molecule has 9 heteroatoms. The molecular weight excluding hydrogens is 418 g/mol. The molecule has 0 aromatic carbocycles. The summed E-state index contributed by atoms with van der Waals surface area (Å²) >= 11 is 0. The lowest BCUT2D eigenvalue weighted by Crippen LogP contribution is -2.43. The zero-order chi connectivity index (χ0) is 23.5. The van der Waals surface area contributed by atoms with Crippen LogP contribution >= 0.6 is 0 Å². The quantitative estimate of drug-likeness (QED) is 0.612. The first-order valence-electron chi connectivity index (χ1n) is 12.0. The Morgan fingerprint density at radius 1 is 1.18 bits per heavy atom. The molecule has 178 valence electrons. The van der Waals surface area contributed by atoms with E-state index in [1.165, 1.54) is 12.6 Å². The van der Waals surface area contributed by atoms with Crippen LogP contribution in [0.3, 0.4) is 0 Å². The minimum absolute atomic E-state index is 0.00741. The Morgan fingerprint density at radius 2 is 1.94 bits per heavy atom. The number of pyridine rings is 1. The van der Waals surface area contributed by atoms with E-state index in [0.717, 1.165) is 50.6 Å². The van der Waals surface area contributed by atoms with Gasteiger partial charge in [0.15, 0.2) is 0 Å². The summed E-state index contributed by atoms with van der Waals surface area (Å²) in [7, 11) is 0. The number of hydrogen-bond donors (Lipinski definition) is 3. The van der Waals surface area contributed by atoms with Crippen LogP contribution in [0.15, 0.2) is 23.3 Å². The summed E-state index contributed by atoms with van der Waals surface area (Å²) in [5.74, 6) is 0.506. The summed E-state index contributed by atoms with van der Waals surface area (Å²) in [4.78, 5) is 36.4. The summed E-state index contributed by atoms with van der Waals surface area (Å²) in [5.41, 5.74) is 13.6. The average molecular weight is 454 g/mol. The molecular formula is C24H35N7O2. The Kier molecular flexibility index (Phi) is 6.97. The predicted molar refractivity (Wildman–Crippen MR) is 130 cm³/mol. The Balaban J connectivity index is 1.72. The number of piperidine rings is 1. The third kappa shape index (κ3) is 5.19. The highest BCUT2D eigenvalue weighted by Crippen LogP contribution is 2.33. The van der Waals surface area contributed by atoms with Crippen LogP contribution in [0, 0.1) is 0 Å². The van der Waals surface area contributed by atoms with E-state index >= 15 is 0 Å². The van der Waals surface area contributed by atoms with Crippen LogP contribution in [0.2, 0.25) is 0 Å². The SMILES string of the molecule is CC(C)n1cc(Nc2nc(N3CCCC(N)C3)ncc2C(N)=O)cc(C2CCCCC2)c1=O. The van der Waals surface area contributed by atoms with E-state index in [2.05, 4.69) is 15.3 Å².